The fourth-order valence-corrected chi connectivity index (χ4v) is 3.71. The number of nitrogens with zero attached hydrogens (tertiary/aromatic N) is 1. The van der Waals surface area contributed by atoms with Gasteiger partial charge in [0.2, 0.25) is 0 Å². The molecular weight excluding hydrogens is 277 g/mol. The Morgan fingerprint density at radius 3 is 2.80 bits per heavy atom. The summed E-state index contributed by atoms with van der Waals surface area (Å²) in [5.41, 5.74) is 0.948. The Labute approximate surface area is 120 Å². The SMILES string of the molecule is CCS(=O)(=O)CCN1CC[C@H](C)[C@H]1c1cccc(F)c1. The first-order chi connectivity index (χ1) is 9.43. The molecule has 0 amide bonds. The lowest BCUT2D eigenvalue weighted by molar-refractivity contribution is 0.246. The fourth-order valence-electron chi connectivity index (χ4n) is 2.91. The van der Waals surface area contributed by atoms with Crippen LogP contribution in [0.1, 0.15) is 31.9 Å². The summed E-state index contributed by atoms with van der Waals surface area (Å²) in [4.78, 5) is 2.17. The number of benzene rings is 1. The summed E-state index contributed by atoms with van der Waals surface area (Å²) in [6.45, 7) is 5.22. The molecule has 0 N–H and O–H groups in total. The van der Waals surface area contributed by atoms with Gasteiger partial charge in [-0.05, 0) is 36.6 Å². The van der Waals surface area contributed by atoms with Gasteiger partial charge in [0.1, 0.15) is 5.82 Å². The zero-order valence-corrected chi connectivity index (χ0v) is 12.9. The van der Waals surface area contributed by atoms with Gasteiger partial charge in [-0.25, -0.2) is 12.8 Å². The van der Waals surface area contributed by atoms with E-state index in [4.69, 9.17) is 0 Å². The number of hydrogen-bond donors (Lipinski definition) is 0. The zero-order valence-electron chi connectivity index (χ0n) is 12.0. The van der Waals surface area contributed by atoms with Gasteiger partial charge in [-0.3, -0.25) is 4.90 Å². The van der Waals surface area contributed by atoms with Crippen molar-refractivity contribution in [2.45, 2.75) is 26.3 Å². The van der Waals surface area contributed by atoms with Crippen LogP contribution in [-0.2, 0) is 9.84 Å². The molecule has 1 aliphatic heterocycles. The van der Waals surface area contributed by atoms with Crippen LogP contribution in [0.3, 0.4) is 0 Å². The Morgan fingerprint density at radius 1 is 1.40 bits per heavy atom. The Kier molecular flexibility index (Phi) is 4.81. The topological polar surface area (TPSA) is 37.4 Å². The van der Waals surface area contributed by atoms with Crippen LogP contribution in [0.15, 0.2) is 24.3 Å². The summed E-state index contributed by atoms with van der Waals surface area (Å²) >= 11 is 0. The van der Waals surface area contributed by atoms with E-state index in [1.54, 1.807) is 19.1 Å². The molecule has 0 saturated carbocycles. The lowest BCUT2D eigenvalue weighted by Gasteiger charge is -2.27. The second kappa shape index (κ2) is 6.22. The van der Waals surface area contributed by atoms with E-state index in [0.29, 0.717) is 12.5 Å². The highest BCUT2D eigenvalue weighted by atomic mass is 32.2. The molecule has 1 aromatic rings. The molecule has 2 rings (SSSR count). The molecule has 20 heavy (non-hydrogen) atoms. The maximum absolute atomic E-state index is 13.4. The predicted octanol–water partition coefficient (Wildman–Crippen LogP) is 2.64. The maximum Gasteiger partial charge on any atom is 0.151 e. The van der Waals surface area contributed by atoms with Crippen molar-refractivity contribution in [3.05, 3.63) is 35.6 Å². The first-order valence-electron chi connectivity index (χ1n) is 7.13. The van der Waals surface area contributed by atoms with E-state index in [1.807, 2.05) is 6.07 Å². The Balaban J connectivity index is 2.13. The summed E-state index contributed by atoms with van der Waals surface area (Å²) in [7, 11) is -2.95. The van der Waals surface area contributed by atoms with Gasteiger partial charge in [-0.2, -0.15) is 0 Å². The third-order valence-electron chi connectivity index (χ3n) is 4.12. The van der Waals surface area contributed by atoms with Crippen molar-refractivity contribution in [2.24, 2.45) is 5.92 Å². The van der Waals surface area contributed by atoms with Crippen LogP contribution in [0.4, 0.5) is 4.39 Å². The van der Waals surface area contributed by atoms with E-state index in [-0.39, 0.29) is 23.4 Å². The quantitative estimate of drug-likeness (QED) is 0.839. The molecule has 1 aromatic carbocycles. The largest absolute Gasteiger partial charge is 0.295 e. The molecule has 1 aliphatic rings. The van der Waals surface area contributed by atoms with E-state index in [0.717, 1.165) is 18.5 Å². The van der Waals surface area contributed by atoms with Gasteiger partial charge in [0.25, 0.3) is 0 Å². The van der Waals surface area contributed by atoms with Crippen molar-refractivity contribution in [2.75, 3.05) is 24.6 Å². The molecule has 3 nitrogen and oxygen atoms in total. The molecule has 112 valence electrons. The van der Waals surface area contributed by atoms with Crippen molar-refractivity contribution in [1.29, 1.82) is 0 Å². The van der Waals surface area contributed by atoms with Crippen LogP contribution in [0.5, 0.6) is 0 Å². The monoisotopic (exact) mass is 299 g/mol. The van der Waals surface area contributed by atoms with Crippen LogP contribution in [-0.4, -0.2) is 37.9 Å². The predicted molar refractivity (Wildman–Crippen MR) is 78.8 cm³/mol. The average molecular weight is 299 g/mol. The van der Waals surface area contributed by atoms with Crippen molar-refractivity contribution in [1.82, 2.24) is 4.90 Å². The number of likely N-dealkylation sites (tertiary alicyclic amines) is 1. The van der Waals surface area contributed by atoms with E-state index in [1.165, 1.54) is 6.07 Å². The molecule has 0 aromatic heterocycles. The van der Waals surface area contributed by atoms with Crippen LogP contribution in [0.25, 0.3) is 0 Å². The van der Waals surface area contributed by atoms with Gasteiger partial charge in [0, 0.05) is 18.3 Å². The second-order valence-corrected chi connectivity index (χ2v) is 8.01. The van der Waals surface area contributed by atoms with Gasteiger partial charge in [0.05, 0.1) is 5.75 Å². The zero-order chi connectivity index (χ0) is 14.8. The summed E-state index contributed by atoms with van der Waals surface area (Å²) < 4.78 is 36.7. The fraction of sp³-hybridized carbons (Fsp3) is 0.600. The highest BCUT2D eigenvalue weighted by Gasteiger charge is 2.32. The smallest absolute Gasteiger partial charge is 0.151 e. The van der Waals surface area contributed by atoms with Crippen molar-refractivity contribution in [3.8, 4) is 0 Å². The van der Waals surface area contributed by atoms with Crippen LogP contribution in [0, 0.1) is 11.7 Å². The molecule has 2 atom stereocenters. The molecule has 1 fully saturated rings. The molecule has 0 aliphatic carbocycles. The lowest BCUT2D eigenvalue weighted by Crippen LogP contribution is -2.30. The summed E-state index contributed by atoms with van der Waals surface area (Å²) in [5, 5.41) is 0. The molecule has 0 unspecified atom stereocenters. The highest BCUT2D eigenvalue weighted by molar-refractivity contribution is 7.91. The molecule has 0 bridgehead atoms. The van der Waals surface area contributed by atoms with Gasteiger partial charge in [-0.1, -0.05) is 26.0 Å². The standard InChI is InChI=1S/C15H22FNO2S/c1-3-20(18,19)10-9-17-8-7-12(2)15(17)13-5-4-6-14(16)11-13/h4-6,11-12,15H,3,7-10H2,1-2H3/t12-,15-/m0/s1. The van der Waals surface area contributed by atoms with E-state index >= 15 is 0 Å². The molecule has 0 spiro atoms. The van der Waals surface area contributed by atoms with Gasteiger partial charge in [0.15, 0.2) is 9.84 Å². The minimum absolute atomic E-state index is 0.123. The minimum atomic E-state index is -2.95. The lowest BCUT2D eigenvalue weighted by atomic mass is 9.95. The average Bonchev–Trinajstić information content (AvgIpc) is 2.78. The molecule has 1 heterocycles. The number of rotatable bonds is 5. The minimum Gasteiger partial charge on any atom is -0.295 e. The van der Waals surface area contributed by atoms with Gasteiger partial charge in [-0.15, -0.1) is 0 Å². The first kappa shape index (κ1) is 15.4. The second-order valence-electron chi connectivity index (χ2n) is 5.54. The Hall–Kier alpha value is -0.940. The summed E-state index contributed by atoms with van der Waals surface area (Å²) in [6, 6.07) is 6.77. The van der Waals surface area contributed by atoms with E-state index < -0.39 is 9.84 Å². The summed E-state index contributed by atoms with van der Waals surface area (Å²) in [5.74, 6) is 0.548. The third kappa shape index (κ3) is 3.58. The normalized spacial score (nSPS) is 24.1. The molecule has 5 heteroatoms. The van der Waals surface area contributed by atoms with Crippen molar-refractivity contribution in [3.63, 3.8) is 0 Å². The number of hydrogen-bond acceptors (Lipinski definition) is 3. The number of halogens is 1. The molecule has 1 saturated heterocycles. The summed E-state index contributed by atoms with van der Waals surface area (Å²) in [6.07, 6.45) is 1.02. The molecular formula is C15H22FNO2S. The number of sulfone groups is 1. The Bertz CT molecular complexity index is 559. The third-order valence-corrected chi connectivity index (χ3v) is 5.81. The van der Waals surface area contributed by atoms with Crippen molar-refractivity contribution < 1.29 is 12.8 Å². The maximum atomic E-state index is 13.4. The van der Waals surface area contributed by atoms with E-state index in [2.05, 4.69) is 11.8 Å². The van der Waals surface area contributed by atoms with Crippen molar-refractivity contribution >= 4 is 9.84 Å². The van der Waals surface area contributed by atoms with E-state index in [9.17, 15) is 12.8 Å². The van der Waals surface area contributed by atoms with Crippen LogP contribution in [0.2, 0.25) is 0 Å². The molecule has 0 radical (unpaired) electrons. The first-order valence-corrected chi connectivity index (χ1v) is 8.95. The highest BCUT2D eigenvalue weighted by Crippen LogP contribution is 2.36. The Morgan fingerprint density at radius 2 is 2.15 bits per heavy atom. The van der Waals surface area contributed by atoms with Crippen LogP contribution >= 0.6 is 0 Å². The van der Waals surface area contributed by atoms with Gasteiger partial charge >= 0.3 is 0 Å². The van der Waals surface area contributed by atoms with Crippen LogP contribution < -0.4 is 0 Å². The van der Waals surface area contributed by atoms with Gasteiger partial charge < -0.3 is 0 Å².